The van der Waals surface area contributed by atoms with Gasteiger partial charge < -0.3 is 14.8 Å². The van der Waals surface area contributed by atoms with Gasteiger partial charge >= 0.3 is 5.97 Å². The van der Waals surface area contributed by atoms with Gasteiger partial charge in [-0.3, -0.25) is 0 Å². The fraction of sp³-hybridized carbons (Fsp3) is 0.577. The number of hydrogen-bond donors (Lipinski definition) is 1. The van der Waals surface area contributed by atoms with E-state index < -0.39 is 11.6 Å². The Hall–Kier alpha value is -2.47. The number of carbonyl (C=O) groups excluding carboxylic acids is 1. The molecule has 0 amide bonds. The van der Waals surface area contributed by atoms with Crippen LogP contribution in [0.5, 0.6) is 5.75 Å². The number of carbonyl (C=O) groups is 1. The molecule has 1 aliphatic heterocycles. The first kappa shape index (κ1) is 24.2. The number of unbranched alkanes of at least 4 members (excludes halogenated alkanes) is 1. The topological polar surface area (TPSA) is 73.3 Å². The van der Waals surface area contributed by atoms with E-state index in [0.717, 1.165) is 43.8 Å². The largest absolute Gasteiger partial charge is 0.484 e. The van der Waals surface area contributed by atoms with E-state index in [2.05, 4.69) is 15.3 Å². The zero-order valence-electron chi connectivity index (χ0n) is 19.9. The molecule has 6 nitrogen and oxygen atoms in total. The highest BCUT2D eigenvalue weighted by atomic mass is 16.6. The van der Waals surface area contributed by atoms with Crippen molar-refractivity contribution in [2.45, 2.75) is 78.4 Å². The van der Waals surface area contributed by atoms with Crippen molar-refractivity contribution in [1.29, 1.82) is 0 Å². The van der Waals surface area contributed by atoms with E-state index in [1.54, 1.807) is 0 Å². The Morgan fingerprint density at radius 1 is 1.09 bits per heavy atom. The Morgan fingerprint density at radius 2 is 1.81 bits per heavy atom. The number of ether oxygens (including phenoxy) is 2. The molecule has 1 aromatic carbocycles. The highest BCUT2D eigenvalue weighted by molar-refractivity contribution is 5.90. The third-order valence-electron chi connectivity index (χ3n) is 5.62. The quantitative estimate of drug-likeness (QED) is 0.436. The van der Waals surface area contributed by atoms with Crippen molar-refractivity contribution < 1.29 is 14.3 Å². The molecule has 1 aromatic heterocycles. The monoisotopic (exact) mass is 439 g/mol. The summed E-state index contributed by atoms with van der Waals surface area (Å²) in [4.78, 5) is 22.2. The number of aryl methyl sites for hydroxylation is 2. The fourth-order valence-electron chi connectivity index (χ4n) is 3.99. The van der Waals surface area contributed by atoms with E-state index in [-0.39, 0.29) is 5.69 Å². The summed E-state index contributed by atoms with van der Waals surface area (Å²) in [6.07, 6.45) is 6.71. The SMILES string of the molecule is Cc1nc(CCCCC2CCNCC2)nc(C(=O)OC(C)(C)C)c1OCc1ccccc1. The van der Waals surface area contributed by atoms with Gasteiger partial charge in [0.2, 0.25) is 0 Å². The molecule has 174 valence electrons. The minimum atomic E-state index is -0.609. The molecule has 6 heteroatoms. The van der Waals surface area contributed by atoms with Crippen molar-refractivity contribution in [2.24, 2.45) is 5.92 Å². The van der Waals surface area contributed by atoms with Gasteiger partial charge in [0.05, 0.1) is 5.69 Å². The maximum absolute atomic E-state index is 12.9. The van der Waals surface area contributed by atoms with E-state index in [0.29, 0.717) is 23.9 Å². The fourth-order valence-corrected chi connectivity index (χ4v) is 3.99. The van der Waals surface area contributed by atoms with Crippen molar-refractivity contribution >= 4 is 5.97 Å². The normalized spacial score (nSPS) is 14.9. The molecule has 2 heterocycles. The first-order valence-electron chi connectivity index (χ1n) is 11.8. The number of benzene rings is 1. The Balaban J connectivity index is 1.69. The second kappa shape index (κ2) is 11.4. The molecule has 0 atom stereocenters. The molecule has 1 fully saturated rings. The number of nitrogens with one attached hydrogen (secondary N) is 1. The molecule has 0 aliphatic carbocycles. The molecule has 0 spiro atoms. The molecule has 32 heavy (non-hydrogen) atoms. The molecule has 1 aliphatic rings. The molecule has 0 bridgehead atoms. The van der Waals surface area contributed by atoms with Crippen molar-refractivity contribution in [2.75, 3.05) is 13.1 Å². The average molecular weight is 440 g/mol. The predicted molar refractivity (Wildman–Crippen MR) is 126 cm³/mol. The van der Waals surface area contributed by atoms with Gasteiger partial charge in [-0.2, -0.15) is 0 Å². The van der Waals surface area contributed by atoms with Crippen molar-refractivity contribution in [3.63, 3.8) is 0 Å². The van der Waals surface area contributed by atoms with Gasteiger partial charge in [0, 0.05) is 6.42 Å². The number of hydrogen-bond acceptors (Lipinski definition) is 6. The summed E-state index contributed by atoms with van der Waals surface area (Å²) in [6.45, 7) is 10.0. The van der Waals surface area contributed by atoms with E-state index in [1.165, 1.54) is 19.3 Å². The average Bonchev–Trinajstić information content (AvgIpc) is 2.76. The summed E-state index contributed by atoms with van der Waals surface area (Å²) in [5, 5.41) is 3.42. The third-order valence-corrected chi connectivity index (χ3v) is 5.62. The maximum atomic E-state index is 12.9. The number of aromatic nitrogens is 2. The maximum Gasteiger partial charge on any atom is 0.361 e. The lowest BCUT2D eigenvalue weighted by atomic mass is 9.92. The first-order valence-corrected chi connectivity index (χ1v) is 11.8. The Morgan fingerprint density at radius 3 is 2.50 bits per heavy atom. The summed E-state index contributed by atoms with van der Waals surface area (Å²) in [5.74, 6) is 1.44. The zero-order chi connectivity index (χ0) is 23.0. The van der Waals surface area contributed by atoms with Crippen LogP contribution in [0, 0.1) is 12.8 Å². The summed E-state index contributed by atoms with van der Waals surface area (Å²) in [7, 11) is 0. The molecular formula is C26H37N3O3. The van der Waals surface area contributed by atoms with Crippen LogP contribution in [0.4, 0.5) is 0 Å². The highest BCUT2D eigenvalue weighted by Crippen LogP contribution is 2.26. The minimum absolute atomic E-state index is 0.219. The molecule has 1 N–H and O–H groups in total. The number of nitrogens with zero attached hydrogens (tertiary/aromatic N) is 2. The standard InChI is InChI=1S/C26H37N3O3/c1-19-24(31-18-21-11-6-5-7-12-21)23(25(30)32-26(2,3)4)29-22(28-19)13-9-8-10-20-14-16-27-17-15-20/h5-7,11-12,20,27H,8-10,13-18H2,1-4H3. The number of piperidine rings is 1. The predicted octanol–water partition coefficient (Wildman–Crippen LogP) is 5.03. The van der Waals surface area contributed by atoms with E-state index in [9.17, 15) is 4.79 Å². The second-order valence-corrected chi connectivity index (χ2v) is 9.62. The van der Waals surface area contributed by atoms with Gasteiger partial charge in [-0.05, 0) is 71.5 Å². The van der Waals surface area contributed by atoms with Crippen LogP contribution < -0.4 is 10.1 Å². The Bertz CT molecular complexity index is 872. The van der Waals surface area contributed by atoms with E-state index in [4.69, 9.17) is 9.47 Å². The van der Waals surface area contributed by atoms with Crippen LogP contribution in [0.3, 0.4) is 0 Å². The van der Waals surface area contributed by atoms with Gasteiger partial charge in [0.1, 0.15) is 18.0 Å². The molecule has 0 unspecified atom stereocenters. The highest BCUT2D eigenvalue weighted by Gasteiger charge is 2.25. The van der Waals surface area contributed by atoms with Crippen molar-refractivity contribution in [1.82, 2.24) is 15.3 Å². The first-order chi connectivity index (χ1) is 15.3. The van der Waals surface area contributed by atoms with Crippen LogP contribution >= 0.6 is 0 Å². The van der Waals surface area contributed by atoms with Crippen LogP contribution in [0.1, 0.15) is 80.4 Å². The Kier molecular flexibility index (Phi) is 8.62. The van der Waals surface area contributed by atoms with Crippen molar-refractivity contribution in [3.8, 4) is 5.75 Å². The molecule has 1 saturated heterocycles. The van der Waals surface area contributed by atoms with Gasteiger partial charge in [0.15, 0.2) is 11.4 Å². The van der Waals surface area contributed by atoms with Crippen LogP contribution in [0.15, 0.2) is 30.3 Å². The van der Waals surface area contributed by atoms with Crippen LogP contribution in [0.25, 0.3) is 0 Å². The lowest BCUT2D eigenvalue weighted by Gasteiger charge is -2.22. The third kappa shape index (κ3) is 7.59. The van der Waals surface area contributed by atoms with Crippen molar-refractivity contribution in [3.05, 3.63) is 53.1 Å². The number of esters is 1. The van der Waals surface area contributed by atoms with Crippen LogP contribution in [0.2, 0.25) is 0 Å². The lowest BCUT2D eigenvalue weighted by Crippen LogP contribution is -2.27. The smallest absolute Gasteiger partial charge is 0.361 e. The Labute approximate surface area is 192 Å². The molecule has 2 aromatic rings. The zero-order valence-corrected chi connectivity index (χ0v) is 19.9. The molecule has 0 saturated carbocycles. The van der Waals surface area contributed by atoms with Crippen LogP contribution in [-0.2, 0) is 17.8 Å². The summed E-state index contributed by atoms with van der Waals surface area (Å²) in [6, 6.07) is 9.86. The van der Waals surface area contributed by atoms with E-state index >= 15 is 0 Å². The van der Waals surface area contributed by atoms with Gasteiger partial charge in [-0.15, -0.1) is 0 Å². The molecule has 0 radical (unpaired) electrons. The minimum Gasteiger partial charge on any atom is -0.484 e. The summed E-state index contributed by atoms with van der Waals surface area (Å²) in [5.41, 5.74) is 1.30. The summed E-state index contributed by atoms with van der Waals surface area (Å²) < 4.78 is 11.6. The second-order valence-electron chi connectivity index (χ2n) is 9.62. The van der Waals surface area contributed by atoms with Gasteiger partial charge in [-0.1, -0.05) is 43.2 Å². The molecular weight excluding hydrogens is 402 g/mol. The van der Waals surface area contributed by atoms with E-state index in [1.807, 2.05) is 58.0 Å². The molecule has 3 rings (SSSR count). The van der Waals surface area contributed by atoms with Gasteiger partial charge in [0.25, 0.3) is 0 Å². The van der Waals surface area contributed by atoms with Crippen LogP contribution in [-0.4, -0.2) is 34.6 Å². The summed E-state index contributed by atoms with van der Waals surface area (Å²) >= 11 is 0. The van der Waals surface area contributed by atoms with Gasteiger partial charge in [-0.25, -0.2) is 14.8 Å². The number of rotatable bonds is 9. The lowest BCUT2D eigenvalue weighted by molar-refractivity contribution is 0.00573.